The average molecular weight is 622 g/mol. The second-order valence-corrected chi connectivity index (χ2v) is 11.1. The van der Waals surface area contributed by atoms with Crippen LogP contribution in [0, 0.1) is 5.92 Å². The zero-order valence-corrected chi connectivity index (χ0v) is 24.8. The van der Waals surface area contributed by atoms with E-state index >= 15 is 0 Å². The van der Waals surface area contributed by atoms with Crippen molar-refractivity contribution in [3.05, 3.63) is 35.4 Å². The summed E-state index contributed by atoms with van der Waals surface area (Å²) in [6.07, 6.45) is 5.78. The maximum atomic E-state index is 13.8. The molecule has 3 rings (SSSR count). The first-order valence-electron chi connectivity index (χ1n) is 14.0. The number of halogens is 1. The Morgan fingerprint density at radius 1 is 1.00 bits per heavy atom. The number of hydrogen-bond donors (Lipinski definition) is 5. The maximum absolute atomic E-state index is 13.8. The zero-order valence-electron chi connectivity index (χ0n) is 23.2. The number of carbonyl (C=O) groups is 5. The molecule has 0 bridgehead atoms. The SMILES string of the molecule is CN[C@@H](C)C(=O)N[C@H](C(=O)N1CCC[C@H]1C(=O)N[C@@H](CNC(=O)c1ccc(CBr)cc1)C(N)=O)C1CCCCC1. The highest BCUT2D eigenvalue weighted by Crippen LogP contribution is 2.29. The first kappa shape index (κ1) is 31.5. The van der Waals surface area contributed by atoms with Gasteiger partial charge in [-0.05, 0) is 63.3 Å². The van der Waals surface area contributed by atoms with Gasteiger partial charge in [0.2, 0.25) is 23.6 Å². The molecule has 0 unspecified atom stereocenters. The fourth-order valence-electron chi connectivity index (χ4n) is 5.27. The molecule has 12 heteroatoms. The Morgan fingerprint density at radius 3 is 2.27 bits per heavy atom. The Kier molecular flexibility index (Phi) is 11.9. The van der Waals surface area contributed by atoms with Crippen molar-refractivity contribution in [1.29, 1.82) is 0 Å². The van der Waals surface area contributed by atoms with Crippen LogP contribution in [0.3, 0.4) is 0 Å². The Hall–Kier alpha value is -2.99. The van der Waals surface area contributed by atoms with Gasteiger partial charge < -0.3 is 31.9 Å². The number of likely N-dealkylation sites (N-methyl/N-ethyl adjacent to an activating group) is 1. The van der Waals surface area contributed by atoms with Crippen molar-refractivity contribution in [2.24, 2.45) is 11.7 Å². The van der Waals surface area contributed by atoms with Gasteiger partial charge in [-0.1, -0.05) is 47.3 Å². The summed E-state index contributed by atoms with van der Waals surface area (Å²) < 4.78 is 0. The molecule has 0 radical (unpaired) electrons. The van der Waals surface area contributed by atoms with Gasteiger partial charge in [-0.3, -0.25) is 24.0 Å². The molecule has 6 N–H and O–H groups in total. The number of benzene rings is 1. The topological polar surface area (TPSA) is 163 Å². The van der Waals surface area contributed by atoms with Crippen molar-refractivity contribution < 1.29 is 24.0 Å². The minimum Gasteiger partial charge on any atom is -0.368 e. The second kappa shape index (κ2) is 15.1. The molecule has 1 aromatic rings. The fourth-order valence-corrected chi connectivity index (χ4v) is 5.65. The number of nitrogens with zero attached hydrogens (tertiary/aromatic N) is 1. The highest BCUT2D eigenvalue weighted by atomic mass is 79.9. The molecule has 1 aliphatic heterocycles. The van der Waals surface area contributed by atoms with E-state index in [-0.39, 0.29) is 24.3 Å². The molecule has 1 aliphatic carbocycles. The number of carbonyl (C=O) groups excluding carboxylic acids is 5. The summed E-state index contributed by atoms with van der Waals surface area (Å²) >= 11 is 3.36. The number of likely N-dealkylation sites (tertiary alicyclic amines) is 1. The molecule has 40 heavy (non-hydrogen) atoms. The number of amides is 5. The van der Waals surface area contributed by atoms with Crippen LogP contribution in [0.2, 0.25) is 0 Å². The van der Waals surface area contributed by atoms with Gasteiger partial charge >= 0.3 is 0 Å². The quantitative estimate of drug-likeness (QED) is 0.218. The van der Waals surface area contributed by atoms with Crippen LogP contribution < -0.4 is 27.0 Å². The lowest BCUT2D eigenvalue weighted by atomic mass is 9.83. The number of hydrogen-bond acceptors (Lipinski definition) is 6. The van der Waals surface area contributed by atoms with E-state index < -0.39 is 41.9 Å². The smallest absolute Gasteiger partial charge is 0.251 e. The highest BCUT2D eigenvalue weighted by Gasteiger charge is 2.41. The molecule has 2 aliphatic rings. The fraction of sp³-hybridized carbons (Fsp3) is 0.607. The summed E-state index contributed by atoms with van der Waals surface area (Å²) in [4.78, 5) is 66.1. The summed E-state index contributed by atoms with van der Waals surface area (Å²) in [5.41, 5.74) is 6.96. The van der Waals surface area contributed by atoms with Gasteiger partial charge in [0.05, 0.1) is 6.04 Å². The van der Waals surface area contributed by atoms with E-state index in [1.807, 2.05) is 12.1 Å². The van der Waals surface area contributed by atoms with Gasteiger partial charge in [-0.25, -0.2) is 0 Å². The molecule has 1 heterocycles. The predicted octanol–water partition coefficient (Wildman–Crippen LogP) is 0.945. The highest BCUT2D eigenvalue weighted by molar-refractivity contribution is 9.08. The van der Waals surface area contributed by atoms with Gasteiger partial charge in [0.25, 0.3) is 5.91 Å². The van der Waals surface area contributed by atoms with Crippen molar-refractivity contribution in [2.75, 3.05) is 20.1 Å². The summed E-state index contributed by atoms with van der Waals surface area (Å²) in [6, 6.07) is 3.82. The molecule has 2 fully saturated rings. The average Bonchev–Trinajstić information content (AvgIpc) is 3.47. The first-order valence-corrected chi connectivity index (χ1v) is 15.1. The second-order valence-electron chi connectivity index (χ2n) is 10.6. The van der Waals surface area contributed by atoms with Crippen molar-refractivity contribution in [3.8, 4) is 0 Å². The van der Waals surface area contributed by atoms with Crippen molar-refractivity contribution in [2.45, 2.75) is 81.4 Å². The van der Waals surface area contributed by atoms with Gasteiger partial charge in [-0.15, -0.1) is 0 Å². The Labute approximate surface area is 243 Å². The van der Waals surface area contributed by atoms with Gasteiger partial charge in [0.1, 0.15) is 18.1 Å². The first-order chi connectivity index (χ1) is 19.2. The molecule has 5 amide bonds. The van der Waals surface area contributed by atoms with E-state index in [4.69, 9.17) is 5.73 Å². The molecule has 0 aromatic heterocycles. The number of alkyl halides is 1. The lowest BCUT2D eigenvalue weighted by molar-refractivity contribution is -0.143. The van der Waals surface area contributed by atoms with E-state index in [0.717, 1.165) is 37.7 Å². The summed E-state index contributed by atoms with van der Waals surface area (Å²) in [5, 5.41) is 11.8. The van der Waals surface area contributed by atoms with Crippen molar-refractivity contribution >= 4 is 45.5 Å². The third-order valence-corrected chi connectivity index (χ3v) is 8.49. The molecule has 1 saturated carbocycles. The van der Waals surface area contributed by atoms with Crippen LogP contribution in [0.5, 0.6) is 0 Å². The number of nitrogens with one attached hydrogen (secondary N) is 4. The van der Waals surface area contributed by atoms with Crippen LogP contribution in [-0.2, 0) is 24.5 Å². The number of nitrogens with two attached hydrogens (primary N) is 1. The van der Waals surface area contributed by atoms with Gasteiger partial charge in [0, 0.05) is 24.0 Å². The predicted molar refractivity (Wildman–Crippen MR) is 154 cm³/mol. The van der Waals surface area contributed by atoms with Crippen molar-refractivity contribution in [1.82, 2.24) is 26.2 Å². The molecular weight excluding hydrogens is 580 g/mol. The van der Waals surface area contributed by atoms with E-state index in [2.05, 4.69) is 37.2 Å². The van der Waals surface area contributed by atoms with Gasteiger partial charge in [-0.2, -0.15) is 0 Å². The molecule has 0 spiro atoms. The standard InChI is InChI=1S/C28H41BrN6O5/c1-17(31-2)25(37)34-23(19-7-4-3-5-8-19)28(40)35-14-6-9-22(35)27(39)33-21(24(30)36)16-32-26(38)20-12-10-18(15-29)11-13-20/h10-13,17,19,21-23,31H,3-9,14-16H2,1-2H3,(H2,30,36)(H,32,38)(H,33,39)(H,34,37)/t17-,21-,22-,23-/m0/s1. The minimum absolute atomic E-state index is 0.00395. The largest absolute Gasteiger partial charge is 0.368 e. The summed E-state index contributed by atoms with van der Waals surface area (Å²) in [7, 11) is 1.68. The monoisotopic (exact) mass is 620 g/mol. The maximum Gasteiger partial charge on any atom is 0.251 e. The summed E-state index contributed by atoms with van der Waals surface area (Å²) in [6.45, 7) is 1.91. The molecule has 11 nitrogen and oxygen atoms in total. The van der Waals surface area contributed by atoms with Crippen molar-refractivity contribution in [3.63, 3.8) is 0 Å². The zero-order chi connectivity index (χ0) is 29.2. The molecule has 4 atom stereocenters. The molecular formula is C28H41BrN6O5. The van der Waals surface area contributed by atoms with Crippen LogP contribution in [0.25, 0.3) is 0 Å². The van der Waals surface area contributed by atoms with Crippen LogP contribution in [0.4, 0.5) is 0 Å². The Bertz CT molecular complexity index is 1060. The minimum atomic E-state index is -1.15. The summed E-state index contributed by atoms with van der Waals surface area (Å²) in [5.74, 6) is -2.26. The van der Waals surface area contributed by atoms with Gasteiger partial charge in [0.15, 0.2) is 0 Å². The van der Waals surface area contributed by atoms with Crippen LogP contribution in [-0.4, -0.2) is 78.7 Å². The Morgan fingerprint density at radius 2 is 1.68 bits per heavy atom. The van der Waals surface area contributed by atoms with E-state index in [1.165, 1.54) is 4.90 Å². The molecule has 1 saturated heterocycles. The van der Waals surface area contributed by atoms with Crippen LogP contribution in [0.15, 0.2) is 24.3 Å². The lowest BCUT2D eigenvalue weighted by Crippen LogP contribution is -2.60. The number of primary amides is 1. The van der Waals surface area contributed by atoms with E-state index in [9.17, 15) is 24.0 Å². The molecule has 1 aromatic carbocycles. The van der Waals surface area contributed by atoms with E-state index in [1.54, 1.807) is 26.1 Å². The third kappa shape index (κ3) is 8.26. The van der Waals surface area contributed by atoms with Crippen LogP contribution in [0.1, 0.15) is 67.8 Å². The van der Waals surface area contributed by atoms with Crippen LogP contribution >= 0.6 is 15.9 Å². The lowest BCUT2D eigenvalue weighted by Gasteiger charge is -2.35. The van der Waals surface area contributed by atoms with E-state index in [0.29, 0.717) is 30.3 Å². The molecule has 220 valence electrons. The number of rotatable bonds is 12. The third-order valence-electron chi connectivity index (χ3n) is 7.85. The Balaban J connectivity index is 1.67. The normalized spacial score (nSPS) is 19.8.